The van der Waals surface area contributed by atoms with Crippen LogP contribution in [0.1, 0.15) is 17.1 Å². The van der Waals surface area contributed by atoms with Crippen molar-refractivity contribution in [2.45, 2.75) is 35.9 Å². The van der Waals surface area contributed by atoms with Gasteiger partial charge in [0.15, 0.2) is 5.03 Å². The third kappa shape index (κ3) is 5.26. The summed E-state index contributed by atoms with van der Waals surface area (Å²) < 4.78 is 31.3. The van der Waals surface area contributed by atoms with E-state index in [0.717, 1.165) is 0 Å². The van der Waals surface area contributed by atoms with E-state index in [-0.39, 0.29) is 22.9 Å². The maximum Gasteiger partial charge on any atom is 0.260 e. The second-order valence-corrected chi connectivity index (χ2v) is 8.62. The number of sulfone groups is 1. The molecule has 164 valence electrons. The number of benzene rings is 1. The van der Waals surface area contributed by atoms with Gasteiger partial charge in [-0.1, -0.05) is 6.07 Å². The highest BCUT2D eigenvalue weighted by molar-refractivity contribution is 7.91. The van der Waals surface area contributed by atoms with E-state index in [1.165, 1.54) is 25.4 Å². The molecule has 0 aliphatic heterocycles. The summed E-state index contributed by atoms with van der Waals surface area (Å²) in [5.74, 6) is 0.572. The number of rotatable bonds is 9. The molecule has 1 amide bonds. The summed E-state index contributed by atoms with van der Waals surface area (Å²) >= 11 is 0. The largest absolute Gasteiger partial charge is 0.497 e. The molecule has 2 heterocycles. The number of nitrogens with zero attached hydrogens (tertiary/aromatic N) is 2. The van der Waals surface area contributed by atoms with Crippen molar-refractivity contribution < 1.29 is 23.2 Å². The van der Waals surface area contributed by atoms with Gasteiger partial charge in [0.2, 0.25) is 9.84 Å². The summed E-state index contributed by atoms with van der Waals surface area (Å²) in [5, 5.41) is 11.9. The number of hydrogen-bond acceptors (Lipinski definition) is 8. The minimum absolute atomic E-state index is 0.0315. The van der Waals surface area contributed by atoms with Gasteiger partial charge in [0, 0.05) is 36.6 Å². The first-order valence-electron chi connectivity index (χ1n) is 9.36. The molecule has 0 aliphatic rings. The highest BCUT2D eigenvalue weighted by Crippen LogP contribution is 2.24. The van der Waals surface area contributed by atoms with Gasteiger partial charge >= 0.3 is 0 Å². The fourth-order valence-corrected chi connectivity index (χ4v) is 4.43. The third-order valence-corrected chi connectivity index (χ3v) is 6.39. The Morgan fingerprint density at radius 3 is 2.58 bits per heavy atom. The maximum absolute atomic E-state index is 13.1. The van der Waals surface area contributed by atoms with Crippen LogP contribution in [-0.4, -0.2) is 47.6 Å². The minimum atomic E-state index is -3.90. The van der Waals surface area contributed by atoms with Crippen molar-refractivity contribution >= 4 is 15.7 Å². The number of H-pyrrole nitrogens is 1. The molecule has 3 aromatic rings. The van der Waals surface area contributed by atoms with Gasteiger partial charge in [0.05, 0.1) is 18.0 Å². The van der Waals surface area contributed by atoms with Crippen molar-refractivity contribution in [3.8, 4) is 5.75 Å². The quantitative estimate of drug-likeness (QED) is 0.283. The van der Waals surface area contributed by atoms with Crippen LogP contribution in [0.5, 0.6) is 5.75 Å². The fourth-order valence-electron chi connectivity index (χ4n) is 3.03. The van der Waals surface area contributed by atoms with E-state index < -0.39 is 21.8 Å². The van der Waals surface area contributed by atoms with Crippen LogP contribution in [-0.2, 0) is 27.6 Å². The molecule has 0 spiro atoms. The van der Waals surface area contributed by atoms with Crippen molar-refractivity contribution in [1.82, 2.24) is 25.7 Å². The van der Waals surface area contributed by atoms with E-state index in [1.54, 1.807) is 42.9 Å². The number of carbonyl (C=O) groups excluding carboxylic acids is 1. The topological polar surface area (TPSA) is 146 Å². The number of aromatic nitrogens is 3. The van der Waals surface area contributed by atoms with E-state index in [2.05, 4.69) is 20.3 Å². The molecule has 0 aliphatic carbocycles. The summed E-state index contributed by atoms with van der Waals surface area (Å²) in [6, 6.07) is 8.41. The number of nitrogens with one attached hydrogen (secondary N) is 3. The molecule has 10 nitrogen and oxygen atoms in total. The number of aromatic amines is 1. The number of imidazole rings is 1. The molecule has 3 rings (SSSR count). The van der Waals surface area contributed by atoms with Crippen molar-refractivity contribution in [1.29, 1.82) is 0 Å². The minimum Gasteiger partial charge on any atom is -0.497 e. The zero-order valence-corrected chi connectivity index (χ0v) is 17.8. The lowest BCUT2D eigenvalue weighted by molar-refractivity contribution is -0.131. The monoisotopic (exact) mass is 445 g/mol. The normalized spacial score (nSPS) is 12.4. The number of hydrogen-bond donors (Lipinski definition) is 4. The summed E-state index contributed by atoms with van der Waals surface area (Å²) in [4.78, 5) is 23.4. The molecule has 4 N–H and O–H groups in total. The van der Waals surface area contributed by atoms with Crippen LogP contribution in [0.25, 0.3) is 0 Å². The molecule has 1 atom stereocenters. The fraction of sp³-hybridized carbons (Fsp3) is 0.250. The Morgan fingerprint density at radius 1 is 1.23 bits per heavy atom. The predicted molar refractivity (Wildman–Crippen MR) is 110 cm³/mol. The van der Waals surface area contributed by atoms with Gasteiger partial charge in [-0.2, -0.15) is 0 Å². The van der Waals surface area contributed by atoms with Crippen molar-refractivity contribution in [2.75, 3.05) is 7.11 Å². The Bertz CT molecular complexity index is 1140. The number of carbonyl (C=O) groups is 1. The molecular formula is C20H23N5O5S. The molecular weight excluding hydrogens is 422 g/mol. The van der Waals surface area contributed by atoms with Gasteiger partial charge in [0.1, 0.15) is 11.6 Å². The standard InChI is InChI=1S/C20H23N5O5S/c1-13-22-12-15(24-13)10-18(19(26)25-27)23-11-14-4-3-9-21-20(14)31(28,29)17-7-5-16(30-2)6-8-17/h3-9,12,18,23,27H,10-11H2,1-2H3,(H,22,24)(H,25,26). The smallest absolute Gasteiger partial charge is 0.260 e. The Morgan fingerprint density at radius 2 is 1.97 bits per heavy atom. The zero-order valence-electron chi connectivity index (χ0n) is 17.0. The van der Waals surface area contributed by atoms with Crippen LogP contribution in [0.4, 0.5) is 0 Å². The van der Waals surface area contributed by atoms with Gasteiger partial charge in [-0.05, 0) is 37.3 Å². The molecule has 0 bridgehead atoms. The van der Waals surface area contributed by atoms with Crippen LogP contribution in [0.2, 0.25) is 0 Å². The van der Waals surface area contributed by atoms with Gasteiger partial charge in [-0.15, -0.1) is 0 Å². The van der Waals surface area contributed by atoms with Gasteiger partial charge in [-0.25, -0.2) is 23.9 Å². The molecule has 31 heavy (non-hydrogen) atoms. The van der Waals surface area contributed by atoms with Crippen LogP contribution in [0, 0.1) is 6.92 Å². The Balaban J connectivity index is 1.83. The Kier molecular flexibility index (Phi) is 7.00. The molecule has 0 radical (unpaired) electrons. The summed E-state index contributed by atoms with van der Waals surface area (Å²) in [6.45, 7) is 1.81. The van der Waals surface area contributed by atoms with E-state index in [9.17, 15) is 13.2 Å². The lowest BCUT2D eigenvalue weighted by Crippen LogP contribution is -2.44. The average molecular weight is 446 g/mol. The van der Waals surface area contributed by atoms with Gasteiger partial charge in [0.25, 0.3) is 5.91 Å². The number of amides is 1. The molecule has 1 unspecified atom stereocenters. The number of methoxy groups -OCH3 is 1. The van der Waals surface area contributed by atoms with E-state index in [4.69, 9.17) is 9.94 Å². The second-order valence-electron chi connectivity index (χ2n) is 6.75. The van der Waals surface area contributed by atoms with Crippen LogP contribution >= 0.6 is 0 Å². The van der Waals surface area contributed by atoms with Crippen LogP contribution in [0.3, 0.4) is 0 Å². The predicted octanol–water partition coefficient (Wildman–Crippen LogP) is 1.16. The van der Waals surface area contributed by atoms with Crippen molar-refractivity contribution in [3.63, 3.8) is 0 Å². The number of aryl methyl sites for hydroxylation is 1. The van der Waals surface area contributed by atoms with Gasteiger partial charge in [-0.3, -0.25) is 10.0 Å². The van der Waals surface area contributed by atoms with E-state index in [0.29, 0.717) is 22.8 Å². The SMILES string of the molecule is COc1ccc(S(=O)(=O)c2ncccc2CNC(Cc2cnc(C)[nH]2)C(=O)NO)cc1. The van der Waals surface area contributed by atoms with Crippen molar-refractivity contribution in [3.05, 3.63) is 65.9 Å². The summed E-state index contributed by atoms with van der Waals surface area (Å²) in [5.41, 5.74) is 2.70. The van der Waals surface area contributed by atoms with Gasteiger partial charge < -0.3 is 15.0 Å². The molecule has 0 saturated carbocycles. The average Bonchev–Trinajstić information content (AvgIpc) is 3.20. The number of hydroxylamine groups is 1. The second kappa shape index (κ2) is 9.69. The number of ether oxygens (including phenoxy) is 1. The molecule has 0 saturated heterocycles. The van der Waals surface area contributed by atoms with Crippen molar-refractivity contribution in [2.24, 2.45) is 0 Å². The zero-order chi connectivity index (χ0) is 22.4. The van der Waals surface area contributed by atoms with E-state index in [1.807, 2.05) is 0 Å². The van der Waals surface area contributed by atoms with E-state index >= 15 is 0 Å². The lowest BCUT2D eigenvalue weighted by atomic mass is 10.1. The first-order valence-corrected chi connectivity index (χ1v) is 10.8. The summed E-state index contributed by atoms with van der Waals surface area (Å²) in [6.07, 6.45) is 3.21. The highest BCUT2D eigenvalue weighted by Gasteiger charge is 2.25. The Labute approximate surface area is 179 Å². The van der Waals surface area contributed by atoms with Crippen LogP contribution < -0.4 is 15.5 Å². The molecule has 0 fully saturated rings. The molecule has 11 heteroatoms. The van der Waals surface area contributed by atoms with Crippen LogP contribution in [0.15, 0.2) is 58.7 Å². The number of pyridine rings is 1. The Hall–Kier alpha value is -3.28. The highest BCUT2D eigenvalue weighted by atomic mass is 32.2. The lowest BCUT2D eigenvalue weighted by Gasteiger charge is -2.17. The first kappa shape index (κ1) is 22.4. The molecule has 1 aromatic carbocycles. The molecule has 2 aromatic heterocycles. The first-order chi connectivity index (χ1) is 14.8. The maximum atomic E-state index is 13.1. The summed E-state index contributed by atoms with van der Waals surface area (Å²) in [7, 11) is -2.40. The third-order valence-electron chi connectivity index (χ3n) is 4.62.